The molecule has 1 aromatic carbocycles. The van der Waals surface area contributed by atoms with Gasteiger partial charge in [0.05, 0.1) is 24.6 Å². The van der Waals surface area contributed by atoms with Gasteiger partial charge in [-0.2, -0.15) is 5.10 Å². The van der Waals surface area contributed by atoms with Gasteiger partial charge in [0.1, 0.15) is 0 Å². The molecule has 0 spiro atoms. The van der Waals surface area contributed by atoms with Gasteiger partial charge in [-0.3, -0.25) is 0 Å². The van der Waals surface area contributed by atoms with Gasteiger partial charge < -0.3 is 9.84 Å². The molecule has 5 nitrogen and oxygen atoms in total. The first-order chi connectivity index (χ1) is 11.2. The first-order valence-electron chi connectivity index (χ1n) is 8.09. The average Bonchev–Trinajstić information content (AvgIpc) is 3.01. The maximum atomic E-state index is 11.9. The Hall–Kier alpha value is -2.14. The first-order valence-corrected chi connectivity index (χ1v) is 8.09. The summed E-state index contributed by atoms with van der Waals surface area (Å²) >= 11 is 0. The molecule has 0 aliphatic heterocycles. The molecule has 0 radical (unpaired) electrons. The van der Waals surface area contributed by atoms with Crippen molar-refractivity contribution in [3.05, 3.63) is 47.3 Å². The summed E-state index contributed by atoms with van der Waals surface area (Å²) < 4.78 is 6.56. The molecule has 0 saturated heterocycles. The smallest absolute Gasteiger partial charge is 0.357 e. The molecule has 0 amide bonds. The Labute approximate surface area is 138 Å². The maximum absolute atomic E-state index is 11.9. The highest BCUT2D eigenvalue weighted by molar-refractivity contribution is 5.88. The fraction of sp³-hybridized carbons (Fsp3) is 0.444. The number of benzene rings is 1. The van der Waals surface area contributed by atoms with Gasteiger partial charge in [-0.25, -0.2) is 9.48 Å². The molecule has 0 unspecified atom stereocenters. The molecule has 1 N–H and O–H groups in total. The van der Waals surface area contributed by atoms with Gasteiger partial charge in [0, 0.05) is 0 Å². The van der Waals surface area contributed by atoms with Gasteiger partial charge in [-0.05, 0) is 37.6 Å². The number of aliphatic hydroxyl groups excluding tert-OH is 1. The summed E-state index contributed by atoms with van der Waals surface area (Å²) in [6.07, 6.45) is 0. The SMILES string of the molecule is CC.CC.CCOC(=O)c1cc(C)nn1-c1ccc(CO)cc1. The molecule has 2 rings (SSSR count). The van der Waals surface area contributed by atoms with E-state index in [1.54, 1.807) is 41.9 Å². The molecule has 0 atom stereocenters. The first kappa shape index (κ1) is 20.9. The van der Waals surface area contributed by atoms with E-state index in [1.165, 1.54) is 0 Å². The van der Waals surface area contributed by atoms with E-state index in [4.69, 9.17) is 9.84 Å². The van der Waals surface area contributed by atoms with Gasteiger partial charge in [0.2, 0.25) is 0 Å². The summed E-state index contributed by atoms with van der Waals surface area (Å²) in [5, 5.41) is 13.3. The van der Waals surface area contributed by atoms with Gasteiger partial charge in [0.25, 0.3) is 0 Å². The summed E-state index contributed by atoms with van der Waals surface area (Å²) in [4.78, 5) is 11.9. The molecule has 1 heterocycles. The predicted molar refractivity (Wildman–Crippen MR) is 92.9 cm³/mol. The Balaban J connectivity index is 0.00000112. The minimum atomic E-state index is -0.394. The number of rotatable bonds is 4. The number of hydrogen-bond donors (Lipinski definition) is 1. The molecule has 128 valence electrons. The molecule has 2 aromatic rings. The normalized spacial score (nSPS) is 9.17. The Kier molecular flexibility index (Phi) is 10.4. The van der Waals surface area contributed by atoms with Crippen LogP contribution in [0.5, 0.6) is 0 Å². The van der Waals surface area contributed by atoms with E-state index in [9.17, 15) is 4.79 Å². The van der Waals surface area contributed by atoms with Crippen LogP contribution in [0.2, 0.25) is 0 Å². The summed E-state index contributed by atoms with van der Waals surface area (Å²) in [6, 6.07) is 8.89. The summed E-state index contributed by atoms with van der Waals surface area (Å²) in [7, 11) is 0. The third kappa shape index (κ3) is 5.87. The lowest BCUT2D eigenvalue weighted by atomic mass is 10.2. The number of esters is 1. The zero-order chi connectivity index (χ0) is 17.8. The second kappa shape index (κ2) is 11.4. The van der Waals surface area contributed by atoms with Crippen molar-refractivity contribution in [1.82, 2.24) is 9.78 Å². The monoisotopic (exact) mass is 320 g/mol. The van der Waals surface area contributed by atoms with Crippen LogP contribution in [0, 0.1) is 6.92 Å². The van der Waals surface area contributed by atoms with Crippen LogP contribution in [-0.4, -0.2) is 27.5 Å². The second-order valence-electron chi connectivity index (χ2n) is 4.13. The highest BCUT2D eigenvalue weighted by Gasteiger charge is 2.16. The zero-order valence-corrected chi connectivity index (χ0v) is 15.0. The molecule has 0 aliphatic carbocycles. The average molecular weight is 320 g/mol. The molecule has 0 aliphatic rings. The number of carbonyl (C=O) groups excluding carboxylic acids is 1. The van der Waals surface area contributed by atoms with E-state index in [0.29, 0.717) is 12.3 Å². The second-order valence-corrected chi connectivity index (χ2v) is 4.13. The molecular formula is C18H28N2O3. The van der Waals surface area contributed by atoms with Crippen molar-refractivity contribution in [2.45, 2.75) is 48.1 Å². The number of carbonyl (C=O) groups is 1. The zero-order valence-electron chi connectivity index (χ0n) is 15.0. The lowest BCUT2D eigenvalue weighted by molar-refractivity contribution is 0.0515. The summed E-state index contributed by atoms with van der Waals surface area (Å²) in [5.41, 5.74) is 2.71. The third-order valence-corrected chi connectivity index (χ3v) is 2.68. The van der Waals surface area contributed by atoms with Crippen LogP contribution in [0.4, 0.5) is 0 Å². The Morgan fingerprint density at radius 1 is 1.17 bits per heavy atom. The molecule has 23 heavy (non-hydrogen) atoms. The topological polar surface area (TPSA) is 64.3 Å². The number of hydrogen-bond acceptors (Lipinski definition) is 4. The molecule has 1 aromatic heterocycles. The summed E-state index contributed by atoms with van der Waals surface area (Å²) in [6.45, 7) is 11.9. The van der Waals surface area contributed by atoms with Gasteiger partial charge in [-0.15, -0.1) is 0 Å². The number of ether oxygens (including phenoxy) is 1. The van der Waals surface area contributed by atoms with Crippen LogP contribution in [0.15, 0.2) is 30.3 Å². The quantitative estimate of drug-likeness (QED) is 0.868. The summed E-state index contributed by atoms with van der Waals surface area (Å²) in [5.74, 6) is -0.394. The van der Waals surface area contributed by atoms with Crippen LogP contribution in [0.25, 0.3) is 5.69 Å². The van der Waals surface area contributed by atoms with E-state index in [0.717, 1.165) is 16.9 Å². The van der Waals surface area contributed by atoms with Crippen molar-refractivity contribution >= 4 is 5.97 Å². The Morgan fingerprint density at radius 2 is 1.74 bits per heavy atom. The highest BCUT2D eigenvalue weighted by atomic mass is 16.5. The molecule has 5 heteroatoms. The van der Waals surface area contributed by atoms with E-state index in [-0.39, 0.29) is 6.61 Å². The van der Waals surface area contributed by atoms with Crippen LogP contribution >= 0.6 is 0 Å². The van der Waals surface area contributed by atoms with Crippen molar-refractivity contribution < 1.29 is 14.6 Å². The largest absolute Gasteiger partial charge is 0.461 e. The number of aromatic nitrogens is 2. The standard InChI is InChI=1S/C14H16N2O3.2C2H6/c1-3-19-14(18)13-8-10(2)15-16(13)12-6-4-11(9-17)5-7-12;2*1-2/h4-8,17H,3,9H2,1-2H3;2*1-2H3. The minimum absolute atomic E-state index is 0.0108. The van der Waals surface area contributed by atoms with Crippen LogP contribution in [-0.2, 0) is 11.3 Å². The van der Waals surface area contributed by atoms with Crippen LogP contribution < -0.4 is 0 Å². The van der Waals surface area contributed by atoms with Crippen molar-refractivity contribution in [3.63, 3.8) is 0 Å². The molecular weight excluding hydrogens is 292 g/mol. The maximum Gasteiger partial charge on any atom is 0.357 e. The molecule has 0 saturated carbocycles. The fourth-order valence-electron chi connectivity index (χ4n) is 1.79. The lowest BCUT2D eigenvalue weighted by Gasteiger charge is -2.07. The van der Waals surface area contributed by atoms with Crippen molar-refractivity contribution in [1.29, 1.82) is 0 Å². The minimum Gasteiger partial charge on any atom is -0.461 e. The molecule has 0 bridgehead atoms. The highest BCUT2D eigenvalue weighted by Crippen LogP contribution is 2.14. The number of nitrogens with zero attached hydrogens (tertiary/aromatic N) is 2. The predicted octanol–water partition coefficient (Wildman–Crippen LogP) is 3.90. The van der Waals surface area contributed by atoms with E-state index in [2.05, 4.69) is 5.10 Å². The lowest BCUT2D eigenvalue weighted by Crippen LogP contribution is -2.11. The third-order valence-electron chi connectivity index (χ3n) is 2.68. The molecule has 0 fully saturated rings. The Morgan fingerprint density at radius 3 is 2.22 bits per heavy atom. The van der Waals surface area contributed by atoms with E-state index >= 15 is 0 Å². The number of aliphatic hydroxyl groups is 1. The van der Waals surface area contributed by atoms with Gasteiger partial charge in [0.15, 0.2) is 5.69 Å². The van der Waals surface area contributed by atoms with E-state index in [1.807, 2.05) is 34.6 Å². The van der Waals surface area contributed by atoms with Crippen molar-refractivity contribution in [3.8, 4) is 5.69 Å². The van der Waals surface area contributed by atoms with Gasteiger partial charge >= 0.3 is 5.97 Å². The van der Waals surface area contributed by atoms with Crippen LogP contribution in [0.1, 0.15) is 56.4 Å². The number of aryl methyl sites for hydroxylation is 1. The fourth-order valence-corrected chi connectivity index (χ4v) is 1.79. The van der Waals surface area contributed by atoms with Crippen molar-refractivity contribution in [2.75, 3.05) is 6.61 Å². The van der Waals surface area contributed by atoms with Gasteiger partial charge in [-0.1, -0.05) is 39.8 Å². The Bertz CT molecular complexity index is 574. The van der Waals surface area contributed by atoms with E-state index < -0.39 is 5.97 Å². The van der Waals surface area contributed by atoms with Crippen LogP contribution in [0.3, 0.4) is 0 Å². The van der Waals surface area contributed by atoms with Crippen molar-refractivity contribution in [2.24, 2.45) is 0 Å².